The molecule has 3 heterocycles. The Balaban J connectivity index is 1.45. The Bertz CT molecular complexity index is 1850. The van der Waals surface area contributed by atoms with Gasteiger partial charge in [0.05, 0.1) is 19.1 Å². The maximum atomic E-state index is 13.4. The molecule has 0 saturated carbocycles. The summed E-state index contributed by atoms with van der Waals surface area (Å²) in [5.41, 5.74) is 1.09. The summed E-state index contributed by atoms with van der Waals surface area (Å²) in [7, 11) is -2.51. The molecule has 2 aromatic carbocycles. The third-order valence-electron chi connectivity index (χ3n) is 6.11. The van der Waals surface area contributed by atoms with Gasteiger partial charge < -0.3 is 18.9 Å². The summed E-state index contributed by atoms with van der Waals surface area (Å²) in [5.74, 6) is 0.151. The van der Waals surface area contributed by atoms with Crippen LogP contribution in [-0.4, -0.2) is 65.5 Å². The van der Waals surface area contributed by atoms with Crippen molar-refractivity contribution in [2.24, 2.45) is 0 Å². The van der Waals surface area contributed by atoms with Gasteiger partial charge in [0.1, 0.15) is 24.7 Å². The van der Waals surface area contributed by atoms with Crippen molar-refractivity contribution in [1.29, 1.82) is 0 Å². The number of ether oxygens (including phenoxy) is 4. The number of pyridine rings is 1. The number of rotatable bonds is 14. The van der Waals surface area contributed by atoms with Gasteiger partial charge in [0.25, 0.3) is 5.88 Å². The zero-order chi connectivity index (χ0) is 32.2. The van der Waals surface area contributed by atoms with E-state index in [4.69, 9.17) is 18.9 Å². The van der Waals surface area contributed by atoms with Crippen LogP contribution in [0.4, 0.5) is 16.4 Å². The molecule has 15 heteroatoms. The van der Waals surface area contributed by atoms with E-state index in [-0.39, 0.29) is 60.1 Å². The molecule has 0 saturated heterocycles. The molecule has 0 spiro atoms. The zero-order valence-corrected chi connectivity index (χ0v) is 25.4. The standard InChI is InChI=1S/C31H29N7O7S/c1-42-24-11-5-6-12-25(24)45-27-29(38-46(40,41)20-14-22-9-3-2-4-10-22)36-28(23-21-32-16-17-33-23)37-30(27)43-18-19-44-31(39)35-26-13-7-8-15-34-26/h2-13,15-17,21H,14,18-20H2,1H3,(H,34,35,39)(H,36,37,38). The summed E-state index contributed by atoms with van der Waals surface area (Å²) in [6.07, 6.45) is 5.36. The maximum Gasteiger partial charge on any atom is 0.412 e. The number of amides is 1. The van der Waals surface area contributed by atoms with Crippen LogP contribution in [-0.2, 0) is 21.2 Å². The molecule has 3 aromatic heterocycles. The Labute approximate surface area is 264 Å². The highest BCUT2D eigenvalue weighted by atomic mass is 32.2. The summed E-state index contributed by atoms with van der Waals surface area (Å²) >= 11 is 0. The predicted molar refractivity (Wildman–Crippen MR) is 168 cm³/mol. The molecule has 0 aliphatic rings. The molecule has 46 heavy (non-hydrogen) atoms. The number of sulfonamides is 1. The second-order valence-electron chi connectivity index (χ2n) is 9.35. The first-order valence-electron chi connectivity index (χ1n) is 13.9. The van der Waals surface area contributed by atoms with Crippen molar-refractivity contribution < 1.29 is 32.2 Å². The highest BCUT2D eigenvalue weighted by Crippen LogP contribution is 2.41. The second kappa shape index (κ2) is 15.3. The average Bonchev–Trinajstić information content (AvgIpc) is 3.08. The van der Waals surface area contributed by atoms with Crippen LogP contribution in [0.25, 0.3) is 11.5 Å². The molecule has 0 fully saturated rings. The fraction of sp³-hybridized carbons (Fsp3) is 0.161. The van der Waals surface area contributed by atoms with Crippen molar-refractivity contribution >= 4 is 27.8 Å². The number of hydrogen-bond acceptors (Lipinski definition) is 12. The number of aromatic nitrogens is 5. The smallest absolute Gasteiger partial charge is 0.412 e. The lowest BCUT2D eigenvalue weighted by atomic mass is 10.2. The third kappa shape index (κ3) is 8.86. The van der Waals surface area contributed by atoms with Gasteiger partial charge in [-0.3, -0.25) is 15.0 Å². The topological polar surface area (TPSA) is 177 Å². The predicted octanol–water partition coefficient (Wildman–Crippen LogP) is 4.74. The molecule has 0 atom stereocenters. The monoisotopic (exact) mass is 643 g/mol. The number of nitrogens with zero attached hydrogens (tertiary/aromatic N) is 5. The van der Waals surface area contributed by atoms with Crippen LogP contribution in [0, 0.1) is 0 Å². The lowest BCUT2D eigenvalue weighted by Crippen LogP contribution is -2.21. The number of aryl methyl sites for hydroxylation is 1. The van der Waals surface area contributed by atoms with E-state index in [1.165, 1.54) is 31.9 Å². The fourth-order valence-electron chi connectivity index (χ4n) is 3.98. The number of hydrogen-bond donors (Lipinski definition) is 2. The molecule has 1 amide bonds. The number of benzene rings is 2. The summed E-state index contributed by atoms with van der Waals surface area (Å²) in [4.78, 5) is 33.5. The maximum absolute atomic E-state index is 13.4. The van der Waals surface area contributed by atoms with Crippen LogP contribution in [0.15, 0.2) is 97.6 Å². The van der Waals surface area contributed by atoms with Crippen molar-refractivity contribution in [3.63, 3.8) is 0 Å². The molecule has 5 rings (SSSR count). The molecule has 0 aliphatic carbocycles. The zero-order valence-electron chi connectivity index (χ0n) is 24.6. The van der Waals surface area contributed by atoms with E-state index in [2.05, 4.69) is 35.0 Å². The normalized spacial score (nSPS) is 10.9. The van der Waals surface area contributed by atoms with E-state index in [1.54, 1.807) is 42.5 Å². The number of methoxy groups -OCH3 is 1. The van der Waals surface area contributed by atoms with E-state index in [0.29, 0.717) is 11.6 Å². The van der Waals surface area contributed by atoms with Gasteiger partial charge in [0.15, 0.2) is 23.1 Å². The molecule has 0 unspecified atom stereocenters. The van der Waals surface area contributed by atoms with Crippen LogP contribution in [0.2, 0.25) is 0 Å². The Morgan fingerprint density at radius 3 is 2.37 bits per heavy atom. The largest absolute Gasteiger partial charge is 0.493 e. The van der Waals surface area contributed by atoms with Gasteiger partial charge >= 0.3 is 6.09 Å². The van der Waals surface area contributed by atoms with Gasteiger partial charge in [-0.1, -0.05) is 48.5 Å². The Hall–Kier alpha value is -5.83. The van der Waals surface area contributed by atoms with E-state index in [9.17, 15) is 13.2 Å². The molecule has 236 valence electrons. The quantitative estimate of drug-likeness (QED) is 0.159. The molecular formula is C31H29N7O7S. The van der Waals surface area contributed by atoms with Gasteiger partial charge in [-0.05, 0) is 36.2 Å². The Morgan fingerprint density at radius 1 is 0.848 bits per heavy atom. The van der Waals surface area contributed by atoms with Gasteiger partial charge in [0.2, 0.25) is 15.8 Å². The van der Waals surface area contributed by atoms with Gasteiger partial charge in [-0.25, -0.2) is 28.2 Å². The Kier molecular flexibility index (Phi) is 10.5. The first-order chi connectivity index (χ1) is 22.4. The van der Waals surface area contributed by atoms with Gasteiger partial charge in [-0.15, -0.1) is 0 Å². The number of anilines is 2. The molecular weight excluding hydrogens is 614 g/mol. The lowest BCUT2D eigenvalue weighted by molar-refractivity contribution is 0.135. The highest BCUT2D eigenvalue weighted by molar-refractivity contribution is 7.92. The minimum atomic E-state index is -3.97. The van der Waals surface area contributed by atoms with E-state index in [0.717, 1.165) is 5.56 Å². The molecule has 0 bridgehead atoms. The van der Waals surface area contributed by atoms with Crippen molar-refractivity contribution in [3.8, 4) is 34.6 Å². The molecule has 14 nitrogen and oxygen atoms in total. The van der Waals surface area contributed by atoms with E-state index < -0.39 is 16.1 Å². The average molecular weight is 644 g/mol. The van der Waals surface area contributed by atoms with Crippen LogP contribution < -0.4 is 24.2 Å². The summed E-state index contributed by atoms with van der Waals surface area (Å²) in [6, 6.07) is 21.0. The summed E-state index contributed by atoms with van der Waals surface area (Å²) in [5, 5.41) is 2.50. The molecule has 2 N–H and O–H groups in total. The molecule has 0 radical (unpaired) electrons. The lowest BCUT2D eigenvalue weighted by Gasteiger charge is -2.18. The van der Waals surface area contributed by atoms with Crippen LogP contribution in [0.3, 0.4) is 0 Å². The van der Waals surface area contributed by atoms with E-state index >= 15 is 0 Å². The van der Waals surface area contributed by atoms with Crippen LogP contribution in [0.5, 0.6) is 23.1 Å². The summed E-state index contributed by atoms with van der Waals surface area (Å²) < 4.78 is 51.9. The van der Waals surface area contributed by atoms with Crippen molar-refractivity contribution in [2.75, 3.05) is 36.1 Å². The van der Waals surface area contributed by atoms with Crippen molar-refractivity contribution in [2.45, 2.75) is 6.42 Å². The molecule has 0 aliphatic heterocycles. The third-order valence-corrected chi connectivity index (χ3v) is 7.36. The number of carbonyl (C=O) groups excluding carboxylic acids is 1. The fourth-order valence-corrected chi connectivity index (χ4v) is 5.02. The van der Waals surface area contributed by atoms with Crippen molar-refractivity contribution in [3.05, 3.63) is 103 Å². The highest BCUT2D eigenvalue weighted by Gasteiger charge is 2.25. The minimum absolute atomic E-state index is 0.00468. The van der Waals surface area contributed by atoms with Gasteiger partial charge in [0, 0.05) is 18.6 Å². The SMILES string of the molecule is COc1ccccc1Oc1c(NS(=O)(=O)CCc2ccccc2)nc(-c2cnccn2)nc1OCCOC(=O)Nc1ccccn1. The molecule has 5 aromatic rings. The van der Waals surface area contributed by atoms with E-state index in [1.807, 2.05) is 30.3 Å². The van der Waals surface area contributed by atoms with Gasteiger partial charge in [-0.2, -0.15) is 4.98 Å². The minimum Gasteiger partial charge on any atom is -0.493 e. The first-order valence-corrected chi connectivity index (χ1v) is 15.6. The number of nitrogens with one attached hydrogen (secondary N) is 2. The number of para-hydroxylation sites is 2. The first kappa shape index (κ1) is 31.6. The second-order valence-corrected chi connectivity index (χ2v) is 11.2. The van der Waals surface area contributed by atoms with Crippen LogP contribution >= 0.6 is 0 Å². The van der Waals surface area contributed by atoms with Crippen LogP contribution in [0.1, 0.15) is 5.56 Å². The number of carbonyl (C=O) groups is 1. The van der Waals surface area contributed by atoms with Crippen molar-refractivity contribution in [1.82, 2.24) is 24.9 Å². The Morgan fingerprint density at radius 2 is 1.63 bits per heavy atom. The summed E-state index contributed by atoms with van der Waals surface area (Å²) in [6.45, 7) is -0.385.